The molecule has 0 radical (unpaired) electrons. The molecule has 1 aromatic rings. The van der Waals surface area contributed by atoms with E-state index < -0.39 is 0 Å². The van der Waals surface area contributed by atoms with Crippen molar-refractivity contribution >= 4 is 0 Å². The first kappa shape index (κ1) is 11.7. The van der Waals surface area contributed by atoms with E-state index in [4.69, 9.17) is 0 Å². The van der Waals surface area contributed by atoms with Crippen LogP contribution in [0.3, 0.4) is 0 Å². The minimum Gasteiger partial charge on any atom is -0.314 e. The zero-order valence-electron chi connectivity index (χ0n) is 10.7. The van der Waals surface area contributed by atoms with Gasteiger partial charge in [0, 0.05) is 6.04 Å². The van der Waals surface area contributed by atoms with E-state index in [0.717, 1.165) is 18.5 Å². The third-order valence-corrected chi connectivity index (χ3v) is 3.93. The Hall–Kier alpha value is -0.820. The van der Waals surface area contributed by atoms with Crippen LogP contribution in [0.1, 0.15) is 48.8 Å². The zero-order chi connectivity index (χ0) is 11.5. The van der Waals surface area contributed by atoms with Crippen molar-refractivity contribution in [2.45, 2.75) is 52.0 Å². The maximum Gasteiger partial charge on any atom is 0.00729 e. The molecule has 0 amide bonds. The molecule has 1 heteroatoms. The molecule has 0 bridgehead atoms. The van der Waals surface area contributed by atoms with Crippen LogP contribution >= 0.6 is 0 Å². The number of hydrogen-bond donors (Lipinski definition) is 1. The maximum absolute atomic E-state index is 3.57. The second-order valence-corrected chi connectivity index (χ2v) is 5.11. The van der Waals surface area contributed by atoms with Gasteiger partial charge in [-0.1, -0.05) is 25.1 Å². The molecule has 2 atom stereocenters. The molecule has 1 N–H and O–H groups in total. The Morgan fingerprint density at radius 3 is 2.69 bits per heavy atom. The second kappa shape index (κ2) is 5.01. The van der Waals surface area contributed by atoms with Gasteiger partial charge in [0.05, 0.1) is 0 Å². The zero-order valence-corrected chi connectivity index (χ0v) is 10.7. The van der Waals surface area contributed by atoms with Gasteiger partial charge in [0.15, 0.2) is 0 Å². The molecule has 0 aliphatic heterocycles. The Morgan fingerprint density at radius 1 is 1.19 bits per heavy atom. The van der Waals surface area contributed by atoms with Crippen molar-refractivity contribution in [2.75, 3.05) is 6.54 Å². The number of benzene rings is 1. The number of nitrogens with one attached hydrogen (secondary N) is 1. The van der Waals surface area contributed by atoms with E-state index >= 15 is 0 Å². The lowest BCUT2D eigenvalue weighted by Crippen LogP contribution is -2.25. The van der Waals surface area contributed by atoms with Crippen LogP contribution in [-0.2, 0) is 0 Å². The molecule has 1 aliphatic rings. The highest BCUT2D eigenvalue weighted by atomic mass is 14.9. The summed E-state index contributed by atoms with van der Waals surface area (Å²) in [6.45, 7) is 7.71. The van der Waals surface area contributed by atoms with Crippen molar-refractivity contribution < 1.29 is 0 Å². The Balaban J connectivity index is 2.05. The van der Waals surface area contributed by atoms with Gasteiger partial charge in [-0.25, -0.2) is 0 Å². The summed E-state index contributed by atoms with van der Waals surface area (Å²) in [5.41, 5.74) is 4.39. The summed E-state index contributed by atoms with van der Waals surface area (Å²) in [5, 5.41) is 3.57. The fourth-order valence-electron chi connectivity index (χ4n) is 2.78. The molecule has 88 valence electrons. The van der Waals surface area contributed by atoms with Crippen molar-refractivity contribution in [3.05, 3.63) is 34.9 Å². The first-order valence-electron chi connectivity index (χ1n) is 6.51. The smallest absolute Gasteiger partial charge is 0.00729 e. The van der Waals surface area contributed by atoms with Crippen molar-refractivity contribution in [1.82, 2.24) is 5.32 Å². The molecule has 1 nitrogen and oxygen atoms in total. The highest BCUT2D eigenvalue weighted by Crippen LogP contribution is 2.35. The lowest BCUT2D eigenvalue weighted by Gasteiger charge is -2.13. The number of hydrogen-bond acceptors (Lipinski definition) is 1. The number of rotatable bonds is 3. The predicted molar refractivity (Wildman–Crippen MR) is 70.0 cm³/mol. The van der Waals surface area contributed by atoms with Crippen LogP contribution in [0.25, 0.3) is 0 Å². The van der Waals surface area contributed by atoms with Gasteiger partial charge in [-0.05, 0) is 62.3 Å². The average molecular weight is 217 g/mol. The minimum absolute atomic E-state index is 0.747. The summed E-state index contributed by atoms with van der Waals surface area (Å²) in [6, 6.07) is 7.72. The lowest BCUT2D eigenvalue weighted by atomic mass is 9.94. The van der Waals surface area contributed by atoms with Crippen LogP contribution in [0, 0.1) is 13.8 Å². The van der Waals surface area contributed by atoms with Gasteiger partial charge in [0.25, 0.3) is 0 Å². The predicted octanol–water partition coefficient (Wildman–Crippen LogP) is 3.55. The SMILES string of the molecule is CCNC1CCC(c2ccc(C)c(C)c2)C1. The van der Waals surface area contributed by atoms with E-state index in [1.807, 2.05) is 0 Å². The molecule has 1 aromatic carbocycles. The summed E-state index contributed by atoms with van der Waals surface area (Å²) in [6.07, 6.45) is 4.00. The average Bonchev–Trinajstić information content (AvgIpc) is 2.71. The molecule has 1 aliphatic carbocycles. The molecule has 2 rings (SSSR count). The summed E-state index contributed by atoms with van der Waals surface area (Å²) < 4.78 is 0. The van der Waals surface area contributed by atoms with Crippen molar-refractivity contribution in [3.8, 4) is 0 Å². The first-order valence-corrected chi connectivity index (χ1v) is 6.51. The van der Waals surface area contributed by atoms with Crippen LogP contribution in [0.5, 0.6) is 0 Å². The first-order chi connectivity index (χ1) is 7.70. The van der Waals surface area contributed by atoms with Gasteiger partial charge in [-0.15, -0.1) is 0 Å². The van der Waals surface area contributed by atoms with Crippen LogP contribution in [-0.4, -0.2) is 12.6 Å². The number of aryl methyl sites for hydroxylation is 2. The molecule has 0 saturated heterocycles. The van der Waals surface area contributed by atoms with Crippen molar-refractivity contribution in [1.29, 1.82) is 0 Å². The van der Waals surface area contributed by atoms with Crippen molar-refractivity contribution in [2.24, 2.45) is 0 Å². The molecular weight excluding hydrogens is 194 g/mol. The van der Waals surface area contributed by atoms with E-state index in [1.54, 1.807) is 5.56 Å². The van der Waals surface area contributed by atoms with E-state index in [1.165, 1.54) is 30.4 Å². The van der Waals surface area contributed by atoms with E-state index in [2.05, 4.69) is 44.3 Å². The van der Waals surface area contributed by atoms with E-state index in [9.17, 15) is 0 Å². The van der Waals surface area contributed by atoms with E-state index in [0.29, 0.717) is 0 Å². The normalized spacial score (nSPS) is 24.9. The Labute approximate surface area is 99.3 Å². The van der Waals surface area contributed by atoms with Gasteiger partial charge in [-0.2, -0.15) is 0 Å². The van der Waals surface area contributed by atoms with Crippen molar-refractivity contribution in [3.63, 3.8) is 0 Å². The fourth-order valence-corrected chi connectivity index (χ4v) is 2.78. The van der Waals surface area contributed by atoms with Gasteiger partial charge in [0.1, 0.15) is 0 Å². The summed E-state index contributed by atoms with van der Waals surface area (Å²) in [7, 11) is 0. The standard InChI is InChI=1S/C15H23N/c1-4-16-15-8-7-14(10-15)13-6-5-11(2)12(3)9-13/h5-6,9,14-16H,4,7-8,10H2,1-3H3. The van der Waals surface area contributed by atoms with Crippen LogP contribution in [0.4, 0.5) is 0 Å². The summed E-state index contributed by atoms with van der Waals surface area (Å²) in [5.74, 6) is 0.781. The third kappa shape index (κ3) is 2.46. The highest BCUT2D eigenvalue weighted by molar-refractivity contribution is 5.32. The van der Waals surface area contributed by atoms with Gasteiger partial charge in [-0.3, -0.25) is 0 Å². The largest absolute Gasteiger partial charge is 0.314 e. The third-order valence-electron chi connectivity index (χ3n) is 3.93. The fraction of sp³-hybridized carbons (Fsp3) is 0.600. The summed E-state index contributed by atoms with van der Waals surface area (Å²) >= 11 is 0. The molecule has 0 aromatic heterocycles. The van der Waals surface area contributed by atoms with Crippen LogP contribution in [0.2, 0.25) is 0 Å². The molecule has 1 saturated carbocycles. The lowest BCUT2D eigenvalue weighted by molar-refractivity contribution is 0.535. The van der Waals surface area contributed by atoms with Crippen LogP contribution < -0.4 is 5.32 Å². The molecule has 0 spiro atoms. The van der Waals surface area contributed by atoms with Crippen LogP contribution in [0.15, 0.2) is 18.2 Å². The summed E-state index contributed by atoms with van der Waals surface area (Å²) in [4.78, 5) is 0. The molecule has 1 fully saturated rings. The molecule has 0 heterocycles. The second-order valence-electron chi connectivity index (χ2n) is 5.11. The minimum atomic E-state index is 0.747. The monoisotopic (exact) mass is 217 g/mol. The topological polar surface area (TPSA) is 12.0 Å². The Kier molecular flexibility index (Phi) is 3.65. The highest BCUT2D eigenvalue weighted by Gasteiger charge is 2.25. The molecule has 2 unspecified atom stereocenters. The van der Waals surface area contributed by atoms with Gasteiger partial charge in [0.2, 0.25) is 0 Å². The Bertz CT molecular complexity index is 356. The van der Waals surface area contributed by atoms with Gasteiger partial charge >= 0.3 is 0 Å². The van der Waals surface area contributed by atoms with Gasteiger partial charge < -0.3 is 5.32 Å². The maximum atomic E-state index is 3.57. The molecular formula is C15H23N. The Morgan fingerprint density at radius 2 is 2.00 bits per heavy atom. The quantitative estimate of drug-likeness (QED) is 0.816. The van der Waals surface area contributed by atoms with E-state index in [-0.39, 0.29) is 0 Å². The molecule has 16 heavy (non-hydrogen) atoms.